The van der Waals surface area contributed by atoms with E-state index in [-0.39, 0.29) is 12.4 Å². The van der Waals surface area contributed by atoms with Crippen molar-refractivity contribution in [2.24, 2.45) is 0 Å². The molecule has 0 saturated carbocycles. The Balaban J connectivity index is 2.20. The largest absolute Gasteiger partial charge is 0.488 e. The van der Waals surface area contributed by atoms with Crippen molar-refractivity contribution in [2.75, 3.05) is 0 Å². The molecule has 20 heavy (non-hydrogen) atoms. The van der Waals surface area contributed by atoms with Gasteiger partial charge in [0, 0.05) is 11.6 Å². The van der Waals surface area contributed by atoms with Gasteiger partial charge in [0.1, 0.15) is 24.0 Å². The van der Waals surface area contributed by atoms with Crippen molar-refractivity contribution in [2.45, 2.75) is 26.6 Å². The van der Waals surface area contributed by atoms with Crippen LogP contribution in [0.4, 0.5) is 8.78 Å². The standard InChI is InChI=1S/C16H16F2O2/c1-10-7-13(17)4-3-12(10)9-20-16-8-14(18)5-6-15(16)11(2)19/h3-8,11,19H,9H2,1-2H3. The van der Waals surface area contributed by atoms with E-state index in [1.165, 1.54) is 30.3 Å². The summed E-state index contributed by atoms with van der Waals surface area (Å²) in [7, 11) is 0. The average molecular weight is 278 g/mol. The smallest absolute Gasteiger partial charge is 0.128 e. The Bertz CT molecular complexity index is 609. The van der Waals surface area contributed by atoms with Gasteiger partial charge in [0.05, 0.1) is 6.10 Å². The minimum absolute atomic E-state index is 0.190. The Morgan fingerprint density at radius 3 is 2.40 bits per heavy atom. The fraction of sp³-hybridized carbons (Fsp3) is 0.250. The van der Waals surface area contributed by atoms with E-state index in [1.54, 1.807) is 19.9 Å². The molecular formula is C16H16F2O2. The first-order chi connectivity index (χ1) is 9.47. The molecule has 0 aliphatic heterocycles. The second kappa shape index (κ2) is 6.01. The Morgan fingerprint density at radius 2 is 1.75 bits per heavy atom. The van der Waals surface area contributed by atoms with Crippen LogP contribution in [0.3, 0.4) is 0 Å². The minimum Gasteiger partial charge on any atom is -0.488 e. The molecule has 2 nitrogen and oxygen atoms in total. The molecule has 4 heteroatoms. The van der Waals surface area contributed by atoms with Gasteiger partial charge >= 0.3 is 0 Å². The molecule has 1 N–H and O–H groups in total. The topological polar surface area (TPSA) is 29.5 Å². The molecule has 0 heterocycles. The van der Waals surface area contributed by atoms with Gasteiger partial charge in [-0.1, -0.05) is 6.07 Å². The van der Waals surface area contributed by atoms with Crippen molar-refractivity contribution in [3.8, 4) is 5.75 Å². The second-order valence-corrected chi connectivity index (χ2v) is 4.72. The zero-order chi connectivity index (χ0) is 14.7. The molecule has 2 rings (SSSR count). The quantitative estimate of drug-likeness (QED) is 0.919. The van der Waals surface area contributed by atoms with Crippen LogP contribution in [0, 0.1) is 18.6 Å². The van der Waals surface area contributed by atoms with Crippen LogP contribution in [-0.4, -0.2) is 5.11 Å². The van der Waals surface area contributed by atoms with E-state index in [1.807, 2.05) is 0 Å². The monoisotopic (exact) mass is 278 g/mol. The Labute approximate surface area is 116 Å². The van der Waals surface area contributed by atoms with Crippen molar-refractivity contribution in [1.29, 1.82) is 0 Å². The van der Waals surface area contributed by atoms with Crippen LogP contribution in [0.2, 0.25) is 0 Å². The molecule has 2 aromatic carbocycles. The van der Waals surface area contributed by atoms with E-state index in [4.69, 9.17) is 4.74 Å². The molecule has 0 aliphatic carbocycles. The van der Waals surface area contributed by atoms with Crippen LogP contribution in [0.1, 0.15) is 29.7 Å². The van der Waals surface area contributed by atoms with Crippen LogP contribution >= 0.6 is 0 Å². The normalized spacial score (nSPS) is 12.2. The zero-order valence-corrected chi connectivity index (χ0v) is 11.4. The lowest BCUT2D eigenvalue weighted by molar-refractivity contribution is 0.189. The summed E-state index contributed by atoms with van der Waals surface area (Å²) in [6, 6.07) is 8.41. The zero-order valence-electron chi connectivity index (χ0n) is 11.4. The Hall–Kier alpha value is -1.94. The summed E-state index contributed by atoms with van der Waals surface area (Å²) < 4.78 is 31.8. The van der Waals surface area contributed by atoms with E-state index >= 15 is 0 Å². The van der Waals surface area contributed by atoms with Crippen molar-refractivity contribution in [3.05, 3.63) is 64.7 Å². The number of ether oxygens (including phenoxy) is 1. The average Bonchev–Trinajstić information content (AvgIpc) is 2.37. The SMILES string of the molecule is Cc1cc(F)ccc1COc1cc(F)ccc1C(C)O. The number of aryl methyl sites for hydroxylation is 1. The molecule has 0 radical (unpaired) electrons. The van der Waals surface area contributed by atoms with Gasteiger partial charge < -0.3 is 9.84 Å². The molecule has 0 fully saturated rings. The van der Waals surface area contributed by atoms with Crippen molar-refractivity contribution >= 4 is 0 Å². The number of hydrogen-bond acceptors (Lipinski definition) is 2. The fourth-order valence-corrected chi connectivity index (χ4v) is 1.96. The first-order valence-electron chi connectivity index (χ1n) is 6.32. The molecule has 0 aromatic heterocycles. The second-order valence-electron chi connectivity index (χ2n) is 4.72. The first kappa shape index (κ1) is 14.5. The van der Waals surface area contributed by atoms with Crippen LogP contribution in [0.25, 0.3) is 0 Å². The van der Waals surface area contributed by atoms with Gasteiger partial charge in [-0.25, -0.2) is 8.78 Å². The summed E-state index contributed by atoms with van der Waals surface area (Å²) >= 11 is 0. The molecule has 2 aromatic rings. The maximum atomic E-state index is 13.3. The summed E-state index contributed by atoms with van der Waals surface area (Å²) in [4.78, 5) is 0. The van der Waals surface area contributed by atoms with Crippen molar-refractivity contribution in [1.82, 2.24) is 0 Å². The molecule has 0 spiro atoms. The van der Waals surface area contributed by atoms with Gasteiger partial charge in [-0.15, -0.1) is 0 Å². The highest BCUT2D eigenvalue weighted by molar-refractivity contribution is 5.36. The van der Waals surface area contributed by atoms with Gasteiger partial charge in [-0.3, -0.25) is 0 Å². The predicted octanol–water partition coefficient (Wildman–Crippen LogP) is 3.91. The molecule has 0 amide bonds. The molecule has 0 bridgehead atoms. The van der Waals surface area contributed by atoms with E-state index in [9.17, 15) is 13.9 Å². The van der Waals surface area contributed by atoms with Gasteiger partial charge in [0.15, 0.2) is 0 Å². The third kappa shape index (κ3) is 3.33. The lowest BCUT2D eigenvalue weighted by atomic mass is 10.1. The highest BCUT2D eigenvalue weighted by Gasteiger charge is 2.11. The Kier molecular flexibility index (Phi) is 4.35. The van der Waals surface area contributed by atoms with Crippen LogP contribution in [-0.2, 0) is 6.61 Å². The lowest BCUT2D eigenvalue weighted by Crippen LogP contribution is -2.03. The van der Waals surface area contributed by atoms with Crippen LogP contribution < -0.4 is 4.74 Å². The fourth-order valence-electron chi connectivity index (χ4n) is 1.96. The van der Waals surface area contributed by atoms with E-state index in [2.05, 4.69) is 0 Å². The number of hydrogen-bond donors (Lipinski definition) is 1. The third-order valence-electron chi connectivity index (χ3n) is 3.11. The highest BCUT2D eigenvalue weighted by atomic mass is 19.1. The van der Waals surface area contributed by atoms with E-state index in [0.29, 0.717) is 11.3 Å². The highest BCUT2D eigenvalue weighted by Crippen LogP contribution is 2.27. The van der Waals surface area contributed by atoms with Crippen LogP contribution in [0.5, 0.6) is 5.75 Å². The molecule has 0 aliphatic rings. The first-order valence-corrected chi connectivity index (χ1v) is 6.32. The number of benzene rings is 2. The van der Waals surface area contributed by atoms with E-state index in [0.717, 1.165) is 11.1 Å². The predicted molar refractivity (Wildman–Crippen MR) is 72.5 cm³/mol. The summed E-state index contributed by atoms with van der Waals surface area (Å²) in [5.41, 5.74) is 2.10. The van der Waals surface area contributed by atoms with Gasteiger partial charge in [0.25, 0.3) is 0 Å². The number of aliphatic hydroxyl groups is 1. The summed E-state index contributed by atoms with van der Waals surface area (Å²) in [5.74, 6) is -0.439. The molecule has 1 unspecified atom stereocenters. The number of rotatable bonds is 4. The molecule has 106 valence electrons. The maximum absolute atomic E-state index is 13.3. The van der Waals surface area contributed by atoms with Crippen molar-refractivity contribution in [3.63, 3.8) is 0 Å². The van der Waals surface area contributed by atoms with Crippen molar-refractivity contribution < 1.29 is 18.6 Å². The van der Waals surface area contributed by atoms with E-state index < -0.39 is 11.9 Å². The summed E-state index contributed by atoms with van der Waals surface area (Å²) in [5, 5.41) is 9.63. The van der Waals surface area contributed by atoms with Gasteiger partial charge in [-0.2, -0.15) is 0 Å². The minimum atomic E-state index is -0.750. The van der Waals surface area contributed by atoms with Gasteiger partial charge in [-0.05, 0) is 49.2 Å². The number of halogens is 2. The van der Waals surface area contributed by atoms with Gasteiger partial charge in [0.2, 0.25) is 0 Å². The molecule has 0 saturated heterocycles. The summed E-state index contributed by atoms with van der Waals surface area (Å²) in [6.45, 7) is 3.56. The number of aliphatic hydroxyl groups excluding tert-OH is 1. The van der Waals surface area contributed by atoms with Crippen LogP contribution in [0.15, 0.2) is 36.4 Å². The maximum Gasteiger partial charge on any atom is 0.128 e. The Morgan fingerprint density at radius 1 is 1.10 bits per heavy atom. The molecule has 1 atom stereocenters. The lowest BCUT2D eigenvalue weighted by Gasteiger charge is -2.14. The third-order valence-corrected chi connectivity index (χ3v) is 3.11. The molecular weight excluding hydrogens is 262 g/mol. The summed E-state index contributed by atoms with van der Waals surface area (Å²) in [6.07, 6.45) is -0.750.